The Balaban J connectivity index is 1.79. The third kappa shape index (κ3) is 4.68. The van der Waals surface area contributed by atoms with Crippen LogP contribution in [0.15, 0.2) is 36.7 Å². The predicted octanol–water partition coefficient (Wildman–Crippen LogP) is 4.35. The number of likely N-dealkylation sites (tertiary alicyclic amines) is 1. The van der Waals surface area contributed by atoms with Crippen LogP contribution in [0.2, 0.25) is 0 Å². The number of fused-ring (bicyclic) bond motifs is 1. The van der Waals surface area contributed by atoms with Crippen LogP contribution in [-0.2, 0) is 6.18 Å². The molecule has 2 N–H and O–H groups in total. The number of methoxy groups -OCH3 is 1. The number of hydrogen-bond acceptors (Lipinski definition) is 6. The zero-order valence-corrected chi connectivity index (χ0v) is 17.5. The fourth-order valence-corrected chi connectivity index (χ4v) is 3.74. The zero-order valence-electron chi connectivity index (χ0n) is 17.5. The maximum Gasteiger partial charge on any atom is 0.419 e. The van der Waals surface area contributed by atoms with Crippen molar-refractivity contribution in [3.63, 3.8) is 0 Å². The second-order valence-electron chi connectivity index (χ2n) is 7.69. The van der Waals surface area contributed by atoms with Crippen LogP contribution in [0.3, 0.4) is 0 Å². The normalized spacial score (nSPS) is 15.2. The molecule has 0 aliphatic carbocycles. The van der Waals surface area contributed by atoms with E-state index >= 15 is 0 Å². The summed E-state index contributed by atoms with van der Waals surface area (Å²) in [7, 11) is 1.38. The van der Waals surface area contributed by atoms with Gasteiger partial charge in [0.1, 0.15) is 23.7 Å². The second-order valence-corrected chi connectivity index (χ2v) is 7.69. The van der Waals surface area contributed by atoms with Crippen LogP contribution in [0.5, 0.6) is 5.75 Å². The van der Waals surface area contributed by atoms with Crippen molar-refractivity contribution >= 4 is 22.7 Å². The lowest BCUT2D eigenvalue weighted by Crippen LogP contribution is -2.41. The molecule has 1 aliphatic heterocycles. The van der Waals surface area contributed by atoms with Gasteiger partial charge in [-0.3, -0.25) is 0 Å². The number of hydrogen-bond donors (Lipinski definition) is 2. The van der Waals surface area contributed by atoms with E-state index in [1.54, 1.807) is 6.07 Å². The van der Waals surface area contributed by atoms with Crippen LogP contribution < -0.4 is 10.1 Å². The van der Waals surface area contributed by atoms with Crippen molar-refractivity contribution in [3.8, 4) is 5.75 Å². The summed E-state index contributed by atoms with van der Waals surface area (Å²) >= 11 is 0. The Hall–Kier alpha value is -3.47. The van der Waals surface area contributed by atoms with Crippen molar-refractivity contribution in [1.29, 1.82) is 0 Å². The molecule has 174 valence electrons. The molecule has 0 saturated carbocycles. The van der Waals surface area contributed by atoms with Crippen molar-refractivity contribution in [3.05, 3.63) is 59.2 Å². The number of aromatic nitrogens is 2. The molecule has 4 rings (SSSR count). The molecule has 1 aliphatic rings. The van der Waals surface area contributed by atoms with Crippen LogP contribution in [-0.4, -0.2) is 52.7 Å². The molecule has 1 saturated heterocycles. The van der Waals surface area contributed by atoms with Gasteiger partial charge in [-0.1, -0.05) is 6.07 Å². The Kier molecular flexibility index (Phi) is 6.07. The van der Waals surface area contributed by atoms with Crippen molar-refractivity contribution in [2.24, 2.45) is 0 Å². The van der Waals surface area contributed by atoms with Gasteiger partial charge in [0, 0.05) is 11.9 Å². The minimum absolute atomic E-state index is 0.102. The molecular weight excluding hydrogens is 444 g/mol. The van der Waals surface area contributed by atoms with Gasteiger partial charge in [-0.25, -0.2) is 19.2 Å². The number of carbonyl (C=O) groups is 1. The summed E-state index contributed by atoms with van der Waals surface area (Å²) in [4.78, 5) is 22.0. The highest BCUT2D eigenvalue weighted by Gasteiger charge is 2.35. The maximum atomic E-state index is 13.9. The Morgan fingerprint density at radius 3 is 2.61 bits per heavy atom. The number of halogens is 4. The monoisotopic (exact) mass is 464 g/mol. The number of nitrogens with one attached hydrogen (secondary N) is 1. The van der Waals surface area contributed by atoms with Gasteiger partial charge in [-0.15, -0.1) is 0 Å². The van der Waals surface area contributed by atoms with E-state index < -0.39 is 29.6 Å². The number of benzene rings is 2. The van der Waals surface area contributed by atoms with Crippen LogP contribution in [0.1, 0.15) is 33.9 Å². The van der Waals surface area contributed by atoms with E-state index in [9.17, 15) is 27.5 Å². The molecule has 11 heteroatoms. The van der Waals surface area contributed by atoms with Crippen LogP contribution >= 0.6 is 0 Å². The first kappa shape index (κ1) is 22.7. The molecule has 0 radical (unpaired) electrons. The van der Waals surface area contributed by atoms with Crippen LogP contribution in [0.25, 0.3) is 10.9 Å². The highest BCUT2D eigenvalue weighted by Crippen LogP contribution is 2.35. The minimum atomic E-state index is -4.84. The molecule has 7 nitrogen and oxygen atoms in total. The summed E-state index contributed by atoms with van der Waals surface area (Å²) in [5.74, 6) is -2.07. The summed E-state index contributed by atoms with van der Waals surface area (Å²) in [6, 6.07) is 5.09. The molecule has 0 bridgehead atoms. The first-order valence-corrected chi connectivity index (χ1v) is 10.1. The van der Waals surface area contributed by atoms with Crippen molar-refractivity contribution in [2.45, 2.75) is 18.6 Å². The van der Waals surface area contributed by atoms with Gasteiger partial charge in [0.15, 0.2) is 0 Å². The van der Waals surface area contributed by atoms with Crippen molar-refractivity contribution in [2.75, 3.05) is 32.1 Å². The fourth-order valence-electron chi connectivity index (χ4n) is 3.74. The number of anilines is 1. The molecule has 1 atom stereocenters. The largest absolute Gasteiger partial charge is 0.497 e. The quantitative estimate of drug-likeness (QED) is 0.503. The average Bonchev–Trinajstić information content (AvgIpc) is 2.74. The van der Waals surface area contributed by atoms with Crippen LogP contribution in [0.4, 0.5) is 23.4 Å². The molecule has 0 amide bonds. The number of nitrogens with zero attached hydrogens (tertiary/aromatic N) is 3. The third-order valence-electron chi connectivity index (χ3n) is 5.58. The third-order valence-corrected chi connectivity index (χ3v) is 5.58. The highest BCUT2D eigenvalue weighted by molar-refractivity contribution is 6.05. The summed E-state index contributed by atoms with van der Waals surface area (Å²) in [5.41, 5.74) is -1.07. The van der Waals surface area contributed by atoms with Crippen molar-refractivity contribution < 1.29 is 32.2 Å². The Labute approximate surface area is 186 Å². The van der Waals surface area contributed by atoms with E-state index in [2.05, 4.69) is 15.3 Å². The average molecular weight is 464 g/mol. The highest BCUT2D eigenvalue weighted by atomic mass is 19.4. The van der Waals surface area contributed by atoms with Gasteiger partial charge >= 0.3 is 12.1 Å². The van der Waals surface area contributed by atoms with Gasteiger partial charge in [0.2, 0.25) is 0 Å². The lowest BCUT2D eigenvalue weighted by molar-refractivity contribution is -0.140. The maximum absolute atomic E-state index is 13.9. The predicted molar refractivity (Wildman–Crippen MR) is 112 cm³/mol. The number of carboxylic acids is 1. The molecule has 1 aromatic heterocycles. The lowest BCUT2D eigenvalue weighted by atomic mass is 10.0. The smallest absolute Gasteiger partial charge is 0.419 e. The number of aromatic carboxylic acids is 1. The fraction of sp³-hybridized carbons (Fsp3) is 0.318. The topological polar surface area (TPSA) is 87.6 Å². The van der Waals surface area contributed by atoms with Gasteiger partial charge in [-0.05, 0) is 49.3 Å². The van der Waals surface area contributed by atoms with E-state index in [-0.39, 0.29) is 28.2 Å². The molecule has 0 unspecified atom stereocenters. The summed E-state index contributed by atoms with van der Waals surface area (Å²) < 4.78 is 59.0. The summed E-state index contributed by atoms with van der Waals surface area (Å²) in [6.07, 6.45) is -2.69. The number of rotatable bonds is 7. The van der Waals surface area contributed by atoms with Gasteiger partial charge in [0.05, 0.1) is 29.8 Å². The zero-order chi connectivity index (χ0) is 23.8. The number of ether oxygens (including phenoxy) is 1. The van der Waals surface area contributed by atoms with E-state index in [0.717, 1.165) is 31.6 Å². The summed E-state index contributed by atoms with van der Waals surface area (Å²) in [5, 5.41) is 13.0. The summed E-state index contributed by atoms with van der Waals surface area (Å²) in [6.45, 7) is 1.92. The molecule has 3 aromatic rings. The van der Waals surface area contributed by atoms with Crippen molar-refractivity contribution in [1.82, 2.24) is 14.9 Å². The Morgan fingerprint density at radius 2 is 2.00 bits per heavy atom. The van der Waals surface area contributed by atoms with Gasteiger partial charge in [-0.2, -0.15) is 13.2 Å². The minimum Gasteiger partial charge on any atom is -0.497 e. The second kappa shape index (κ2) is 8.81. The molecule has 33 heavy (non-hydrogen) atoms. The Morgan fingerprint density at radius 1 is 1.24 bits per heavy atom. The number of carboxylic acid groups (broad SMARTS) is 1. The lowest BCUT2D eigenvalue weighted by Gasteiger charge is -2.35. The molecule has 0 spiro atoms. The van der Waals surface area contributed by atoms with E-state index in [1.807, 2.05) is 4.90 Å². The Bertz CT molecular complexity index is 1200. The molecular formula is C22H20F4N4O3. The van der Waals surface area contributed by atoms with E-state index in [1.165, 1.54) is 25.6 Å². The van der Waals surface area contributed by atoms with Crippen LogP contribution in [0, 0.1) is 5.82 Å². The first-order chi connectivity index (χ1) is 15.7. The molecule has 1 fully saturated rings. The first-order valence-electron chi connectivity index (χ1n) is 10.1. The number of alkyl halides is 3. The standard InChI is InChI=1S/C22H20F4N4O3/c1-33-13-8-14-19(15(9-13)21(31)32)27-11-28-20(14)29-18(10-30-5-2-6-30)12-3-4-17(23)16(7-12)22(24,25)26/h3-4,7-9,11,18H,2,5-6,10H2,1H3,(H,31,32)(H,27,28,29)/t18-/m1/s1. The molecule has 2 heterocycles. The van der Waals surface area contributed by atoms with Gasteiger partial charge < -0.3 is 20.1 Å². The van der Waals surface area contributed by atoms with E-state index in [4.69, 9.17) is 4.74 Å². The van der Waals surface area contributed by atoms with Gasteiger partial charge in [0.25, 0.3) is 0 Å². The molecule has 2 aromatic carbocycles. The SMILES string of the molecule is COc1cc(C(=O)O)c2ncnc(N[C@H](CN3CCC3)c3ccc(F)c(C(F)(F)F)c3)c2c1. The van der Waals surface area contributed by atoms with E-state index in [0.29, 0.717) is 11.9 Å².